The highest BCUT2D eigenvalue weighted by molar-refractivity contribution is 7.89. The quantitative estimate of drug-likeness (QED) is 0.792. The van der Waals surface area contributed by atoms with Crippen LogP contribution in [0.5, 0.6) is 11.5 Å². The van der Waals surface area contributed by atoms with Crippen LogP contribution in [0.3, 0.4) is 0 Å². The van der Waals surface area contributed by atoms with Crippen LogP contribution in [0.25, 0.3) is 0 Å². The van der Waals surface area contributed by atoms with E-state index in [9.17, 15) is 18.3 Å². The van der Waals surface area contributed by atoms with Gasteiger partial charge in [0.2, 0.25) is 10.0 Å². The normalized spacial score (nSPS) is 16.8. The van der Waals surface area contributed by atoms with E-state index in [1.807, 2.05) is 0 Å². The number of hydrogen-bond acceptors (Lipinski definition) is 7. The first kappa shape index (κ1) is 20.2. The third kappa shape index (κ3) is 3.97. The van der Waals surface area contributed by atoms with Crippen molar-refractivity contribution in [3.63, 3.8) is 0 Å². The number of phenols is 1. The number of benzene rings is 1. The Kier molecular flexibility index (Phi) is 5.61. The molecule has 1 fully saturated rings. The van der Waals surface area contributed by atoms with Gasteiger partial charge in [0.1, 0.15) is 22.1 Å². The van der Waals surface area contributed by atoms with Gasteiger partial charge in [0.15, 0.2) is 11.9 Å². The molecule has 1 aliphatic heterocycles. The molecule has 2 aromatic rings. The van der Waals surface area contributed by atoms with Crippen molar-refractivity contribution < 1.29 is 27.6 Å². The van der Waals surface area contributed by atoms with Crippen LogP contribution < -0.4 is 4.74 Å². The zero-order chi connectivity index (χ0) is 20.5. The van der Waals surface area contributed by atoms with E-state index in [0.717, 1.165) is 0 Å². The van der Waals surface area contributed by atoms with Crippen molar-refractivity contribution in [2.24, 2.45) is 0 Å². The zero-order valence-corrected chi connectivity index (χ0v) is 16.8. The van der Waals surface area contributed by atoms with Crippen molar-refractivity contribution in [2.75, 3.05) is 26.2 Å². The third-order valence-electron chi connectivity index (χ3n) is 4.61. The lowest BCUT2D eigenvalue weighted by Gasteiger charge is -2.35. The van der Waals surface area contributed by atoms with E-state index < -0.39 is 16.1 Å². The number of aryl methyl sites for hydroxylation is 2. The third-order valence-corrected chi connectivity index (χ3v) is 6.76. The fraction of sp³-hybridized carbons (Fsp3) is 0.444. The van der Waals surface area contributed by atoms with Crippen LogP contribution in [0.15, 0.2) is 33.7 Å². The SMILES string of the molecule is Cc1noc(C)c1S(=O)(=O)N1CCN(C(=O)C(C)Oc2ccc(O)cc2)CC1. The van der Waals surface area contributed by atoms with Gasteiger partial charge < -0.3 is 19.3 Å². The molecular formula is C18H23N3O6S. The van der Waals surface area contributed by atoms with Crippen LogP contribution in [0.2, 0.25) is 0 Å². The highest BCUT2D eigenvalue weighted by Gasteiger charge is 2.35. The molecule has 1 unspecified atom stereocenters. The number of phenolic OH excluding ortho intramolecular Hbond substituents is 1. The number of amides is 1. The van der Waals surface area contributed by atoms with Crippen molar-refractivity contribution >= 4 is 15.9 Å². The minimum absolute atomic E-state index is 0.0938. The van der Waals surface area contributed by atoms with Crippen LogP contribution >= 0.6 is 0 Å². The maximum absolute atomic E-state index is 12.8. The van der Waals surface area contributed by atoms with Crippen LogP contribution in [-0.4, -0.2) is 66.1 Å². The van der Waals surface area contributed by atoms with Gasteiger partial charge in [-0.15, -0.1) is 0 Å². The average Bonchev–Trinajstić information content (AvgIpc) is 3.02. The van der Waals surface area contributed by atoms with E-state index in [-0.39, 0.29) is 48.5 Å². The van der Waals surface area contributed by atoms with Crippen LogP contribution in [0.4, 0.5) is 0 Å². The highest BCUT2D eigenvalue weighted by Crippen LogP contribution is 2.24. The molecule has 1 aromatic carbocycles. The molecule has 3 rings (SSSR count). The van der Waals surface area contributed by atoms with Crippen molar-refractivity contribution in [1.29, 1.82) is 0 Å². The number of nitrogens with zero attached hydrogens (tertiary/aromatic N) is 3. The molecule has 0 saturated carbocycles. The second kappa shape index (κ2) is 7.80. The van der Waals surface area contributed by atoms with Gasteiger partial charge in [-0.25, -0.2) is 8.42 Å². The number of hydrogen-bond donors (Lipinski definition) is 1. The van der Waals surface area contributed by atoms with Gasteiger partial charge >= 0.3 is 0 Å². The number of sulfonamides is 1. The van der Waals surface area contributed by atoms with E-state index in [2.05, 4.69) is 5.16 Å². The molecule has 1 amide bonds. The first-order chi connectivity index (χ1) is 13.2. The summed E-state index contributed by atoms with van der Waals surface area (Å²) in [6.45, 7) is 5.70. The van der Waals surface area contributed by atoms with Gasteiger partial charge in [-0.2, -0.15) is 4.31 Å². The highest BCUT2D eigenvalue weighted by atomic mass is 32.2. The van der Waals surface area contributed by atoms with Crippen molar-refractivity contribution in [3.8, 4) is 11.5 Å². The Bertz CT molecular complexity index is 927. The molecule has 1 atom stereocenters. The second-order valence-corrected chi connectivity index (χ2v) is 8.51. The first-order valence-electron chi connectivity index (χ1n) is 8.87. The molecule has 0 aliphatic carbocycles. The van der Waals surface area contributed by atoms with Crippen molar-refractivity contribution in [2.45, 2.75) is 31.8 Å². The lowest BCUT2D eigenvalue weighted by Crippen LogP contribution is -2.53. The second-order valence-electron chi connectivity index (χ2n) is 6.64. The summed E-state index contributed by atoms with van der Waals surface area (Å²) in [5, 5.41) is 13.0. The summed E-state index contributed by atoms with van der Waals surface area (Å²) in [5.41, 5.74) is 0.326. The number of aromatic hydroxyl groups is 1. The number of carbonyl (C=O) groups excluding carboxylic acids is 1. The van der Waals surface area contributed by atoms with Gasteiger partial charge in [0, 0.05) is 26.2 Å². The van der Waals surface area contributed by atoms with Gasteiger partial charge in [-0.3, -0.25) is 4.79 Å². The predicted molar refractivity (Wildman–Crippen MR) is 99.5 cm³/mol. The zero-order valence-electron chi connectivity index (χ0n) is 16.0. The van der Waals surface area contributed by atoms with Gasteiger partial charge in [-0.05, 0) is 45.0 Å². The van der Waals surface area contributed by atoms with E-state index in [0.29, 0.717) is 11.4 Å². The maximum Gasteiger partial charge on any atom is 0.263 e. The summed E-state index contributed by atoms with van der Waals surface area (Å²) in [5.74, 6) is 0.620. The molecule has 0 radical (unpaired) electrons. The number of carbonyl (C=O) groups is 1. The molecule has 152 valence electrons. The Hall–Kier alpha value is -2.59. The van der Waals surface area contributed by atoms with E-state index >= 15 is 0 Å². The van der Waals surface area contributed by atoms with Crippen LogP contribution in [0, 0.1) is 13.8 Å². The summed E-state index contributed by atoms with van der Waals surface area (Å²) in [6.07, 6.45) is -0.727. The molecule has 10 heteroatoms. The van der Waals surface area contributed by atoms with Crippen molar-refractivity contribution in [1.82, 2.24) is 14.4 Å². The molecule has 2 heterocycles. The van der Waals surface area contributed by atoms with Gasteiger partial charge in [-0.1, -0.05) is 5.16 Å². The van der Waals surface area contributed by atoms with E-state index in [1.54, 1.807) is 37.8 Å². The summed E-state index contributed by atoms with van der Waals surface area (Å²) in [4.78, 5) is 14.3. The Morgan fingerprint density at radius 3 is 2.32 bits per heavy atom. The minimum atomic E-state index is -3.72. The smallest absolute Gasteiger partial charge is 0.263 e. The lowest BCUT2D eigenvalue weighted by molar-refractivity contribution is -0.139. The summed E-state index contributed by atoms with van der Waals surface area (Å²) in [7, 11) is -3.72. The monoisotopic (exact) mass is 409 g/mol. The largest absolute Gasteiger partial charge is 0.508 e. The lowest BCUT2D eigenvalue weighted by atomic mass is 10.2. The number of ether oxygens (including phenoxy) is 1. The van der Waals surface area contributed by atoms with Crippen LogP contribution in [0.1, 0.15) is 18.4 Å². The molecule has 1 aliphatic rings. The number of aromatic nitrogens is 1. The minimum Gasteiger partial charge on any atom is -0.508 e. The summed E-state index contributed by atoms with van der Waals surface area (Å²) >= 11 is 0. The maximum atomic E-state index is 12.8. The van der Waals surface area contributed by atoms with E-state index in [1.165, 1.54) is 16.4 Å². The molecular weight excluding hydrogens is 386 g/mol. The van der Waals surface area contributed by atoms with Gasteiger partial charge in [0.05, 0.1) is 0 Å². The van der Waals surface area contributed by atoms with Crippen molar-refractivity contribution in [3.05, 3.63) is 35.7 Å². The molecule has 1 saturated heterocycles. The Morgan fingerprint density at radius 1 is 1.18 bits per heavy atom. The number of piperazine rings is 1. The predicted octanol–water partition coefficient (Wildman–Crippen LogP) is 1.30. The Labute approximate surface area is 163 Å². The fourth-order valence-electron chi connectivity index (χ4n) is 3.16. The molecule has 0 spiro atoms. The number of rotatable bonds is 5. The standard InChI is InChI=1S/C18H23N3O6S/c1-12-17(13(2)27-19-12)28(24,25)21-10-8-20(9-11-21)18(23)14(3)26-16-6-4-15(22)5-7-16/h4-7,14,22H,8-11H2,1-3H3. The topological polar surface area (TPSA) is 113 Å². The van der Waals surface area contributed by atoms with Gasteiger partial charge in [0.25, 0.3) is 5.91 Å². The fourth-order valence-corrected chi connectivity index (χ4v) is 4.87. The summed E-state index contributed by atoms with van der Waals surface area (Å²) < 4.78 is 37.6. The first-order valence-corrected chi connectivity index (χ1v) is 10.3. The molecule has 9 nitrogen and oxygen atoms in total. The Balaban J connectivity index is 1.61. The van der Waals surface area contributed by atoms with E-state index in [4.69, 9.17) is 9.26 Å². The average molecular weight is 409 g/mol. The summed E-state index contributed by atoms with van der Waals surface area (Å²) in [6, 6.07) is 6.11. The molecule has 1 N–H and O–H groups in total. The molecule has 28 heavy (non-hydrogen) atoms. The van der Waals surface area contributed by atoms with Crippen LogP contribution in [-0.2, 0) is 14.8 Å². The Morgan fingerprint density at radius 2 is 1.79 bits per heavy atom. The molecule has 1 aromatic heterocycles. The molecule has 0 bridgehead atoms.